The molecule has 1 aromatic carbocycles. The first-order valence-electron chi connectivity index (χ1n) is 11.8. The molecule has 1 fully saturated rings. The van der Waals surface area contributed by atoms with Gasteiger partial charge in [-0.15, -0.1) is 11.3 Å². The lowest BCUT2D eigenvalue weighted by Gasteiger charge is -2.26. The Balaban J connectivity index is 1.56. The summed E-state index contributed by atoms with van der Waals surface area (Å²) in [6.07, 6.45) is 4.80. The van der Waals surface area contributed by atoms with Crippen LogP contribution in [0.4, 0.5) is 5.13 Å². The Bertz CT molecular complexity index is 997. The number of aromatic nitrogens is 1. The Labute approximate surface area is 202 Å². The lowest BCUT2D eigenvalue weighted by Crippen LogP contribution is -2.36. The number of anilines is 1. The Hall–Kier alpha value is -1.52. The number of aryl methyl sites for hydroxylation is 2. The van der Waals surface area contributed by atoms with Gasteiger partial charge in [-0.2, -0.15) is 0 Å². The molecule has 7 nitrogen and oxygen atoms in total. The van der Waals surface area contributed by atoms with Gasteiger partial charge < -0.3 is 9.84 Å². The van der Waals surface area contributed by atoms with Crippen molar-refractivity contribution in [2.75, 3.05) is 37.6 Å². The molecule has 0 unspecified atom stereocenters. The van der Waals surface area contributed by atoms with Gasteiger partial charge in [-0.25, -0.2) is 13.4 Å². The number of hydrogen-bond donors (Lipinski definition) is 2. The summed E-state index contributed by atoms with van der Waals surface area (Å²) in [5.41, 5.74) is 1.78. The van der Waals surface area contributed by atoms with E-state index in [1.165, 1.54) is 11.3 Å². The van der Waals surface area contributed by atoms with Crippen molar-refractivity contribution in [3.05, 3.63) is 40.4 Å². The molecular formula is C24H37N3O4S2. The standard InChI is InChI=1S/C24H37N3O4S2/c1-4-24(28,5-2)17-21-18-32-23(25-21)26-33(29,30)22-10-9-20(16-19(22)3)8-6-7-11-27-12-14-31-15-13-27/h9-10,16,18,28H,4-8,11-15,17H2,1-3H3,(H,25,26). The Morgan fingerprint density at radius 2 is 1.94 bits per heavy atom. The minimum atomic E-state index is -3.73. The van der Waals surface area contributed by atoms with E-state index in [1.807, 2.05) is 32.9 Å². The van der Waals surface area contributed by atoms with Crippen molar-refractivity contribution >= 4 is 26.5 Å². The van der Waals surface area contributed by atoms with Gasteiger partial charge in [-0.1, -0.05) is 26.0 Å². The van der Waals surface area contributed by atoms with Gasteiger partial charge in [-0.3, -0.25) is 9.62 Å². The molecule has 9 heteroatoms. The molecule has 1 saturated heterocycles. The maximum absolute atomic E-state index is 13.0. The number of nitrogens with one attached hydrogen (secondary N) is 1. The molecule has 184 valence electrons. The van der Waals surface area contributed by atoms with E-state index in [0.29, 0.717) is 30.1 Å². The van der Waals surface area contributed by atoms with Gasteiger partial charge in [-0.05, 0) is 62.8 Å². The number of nitrogens with zero attached hydrogens (tertiary/aromatic N) is 2. The molecule has 0 aliphatic carbocycles. The number of unbranched alkanes of at least 4 members (excludes halogenated alkanes) is 1. The SMILES string of the molecule is CCC(O)(CC)Cc1csc(NS(=O)(=O)c2ccc(CCCCN3CCOCC3)cc2C)n1. The average Bonchev–Trinajstić information content (AvgIpc) is 3.22. The van der Waals surface area contributed by atoms with Crippen LogP contribution in [0.15, 0.2) is 28.5 Å². The zero-order valence-corrected chi connectivity index (χ0v) is 21.6. The molecule has 0 radical (unpaired) electrons. The Kier molecular flexibility index (Phi) is 9.29. The van der Waals surface area contributed by atoms with Crippen molar-refractivity contribution in [2.24, 2.45) is 0 Å². The molecular weight excluding hydrogens is 458 g/mol. The van der Waals surface area contributed by atoms with Gasteiger partial charge >= 0.3 is 0 Å². The minimum absolute atomic E-state index is 0.273. The van der Waals surface area contributed by atoms with Gasteiger partial charge in [0.05, 0.1) is 29.4 Å². The monoisotopic (exact) mass is 495 g/mol. The minimum Gasteiger partial charge on any atom is -0.390 e. The van der Waals surface area contributed by atoms with E-state index in [2.05, 4.69) is 14.6 Å². The summed E-state index contributed by atoms with van der Waals surface area (Å²) in [7, 11) is -3.73. The second-order valence-electron chi connectivity index (χ2n) is 8.87. The highest BCUT2D eigenvalue weighted by Crippen LogP contribution is 2.26. The van der Waals surface area contributed by atoms with Crippen LogP contribution in [-0.4, -0.2) is 61.9 Å². The van der Waals surface area contributed by atoms with Crippen LogP contribution in [0.2, 0.25) is 0 Å². The van der Waals surface area contributed by atoms with Crippen LogP contribution in [0.1, 0.15) is 56.4 Å². The second kappa shape index (κ2) is 11.8. The van der Waals surface area contributed by atoms with Gasteiger partial charge in [0, 0.05) is 24.9 Å². The van der Waals surface area contributed by atoms with E-state index in [4.69, 9.17) is 4.74 Å². The summed E-state index contributed by atoms with van der Waals surface area (Å²) in [5, 5.41) is 12.7. The van der Waals surface area contributed by atoms with Crippen LogP contribution >= 0.6 is 11.3 Å². The van der Waals surface area contributed by atoms with E-state index in [-0.39, 0.29) is 4.90 Å². The zero-order valence-electron chi connectivity index (χ0n) is 20.0. The average molecular weight is 496 g/mol. The molecule has 1 aromatic heterocycles. The molecule has 0 atom stereocenters. The lowest BCUT2D eigenvalue weighted by atomic mass is 9.92. The van der Waals surface area contributed by atoms with Crippen LogP contribution in [0.3, 0.4) is 0 Å². The van der Waals surface area contributed by atoms with Crippen molar-refractivity contribution in [1.82, 2.24) is 9.88 Å². The van der Waals surface area contributed by atoms with E-state index in [0.717, 1.165) is 63.2 Å². The van der Waals surface area contributed by atoms with E-state index in [9.17, 15) is 13.5 Å². The van der Waals surface area contributed by atoms with Crippen molar-refractivity contribution < 1.29 is 18.3 Å². The number of morpholine rings is 1. The first-order valence-corrected chi connectivity index (χ1v) is 14.2. The van der Waals surface area contributed by atoms with E-state index < -0.39 is 15.6 Å². The van der Waals surface area contributed by atoms with E-state index in [1.54, 1.807) is 11.4 Å². The summed E-state index contributed by atoms with van der Waals surface area (Å²) >= 11 is 1.24. The second-order valence-corrected chi connectivity index (χ2v) is 11.4. The molecule has 0 spiro atoms. The largest absolute Gasteiger partial charge is 0.390 e. The molecule has 2 heterocycles. The zero-order chi connectivity index (χ0) is 23.9. The number of aliphatic hydroxyl groups is 1. The molecule has 0 saturated carbocycles. The van der Waals surface area contributed by atoms with Crippen LogP contribution in [0.25, 0.3) is 0 Å². The third-order valence-electron chi connectivity index (χ3n) is 6.42. The highest BCUT2D eigenvalue weighted by Gasteiger charge is 2.25. The van der Waals surface area contributed by atoms with Crippen molar-refractivity contribution in [3.63, 3.8) is 0 Å². The van der Waals surface area contributed by atoms with Gasteiger partial charge in [0.1, 0.15) is 0 Å². The lowest BCUT2D eigenvalue weighted by molar-refractivity contribution is 0.0319. The predicted octanol–water partition coefficient (Wildman–Crippen LogP) is 4.00. The highest BCUT2D eigenvalue weighted by atomic mass is 32.2. The highest BCUT2D eigenvalue weighted by molar-refractivity contribution is 7.93. The van der Waals surface area contributed by atoms with Gasteiger partial charge in [0.15, 0.2) is 5.13 Å². The molecule has 2 N–H and O–H groups in total. The number of thiazole rings is 1. The fraction of sp³-hybridized carbons (Fsp3) is 0.625. The maximum atomic E-state index is 13.0. The summed E-state index contributed by atoms with van der Waals surface area (Å²) in [6, 6.07) is 5.57. The summed E-state index contributed by atoms with van der Waals surface area (Å²) in [5.74, 6) is 0. The number of hydrogen-bond acceptors (Lipinski definition) is 7. The predicted molar refractivity (Wildman–Crippen MR) is 134 cm³/mol. The molecule has 1 aliphatic heterocycles. The van der Waals surface area contributed by atoms with E-state index >= 15 is 0 Å². The molecule has 0 bridgehead atoms. The van der Waals surface area contributed by atoms with Crippen LogP contribution < -0.4 is 4.72 Å². The maximum Gasteiger partial charge on any atom is 0.263 e. The topological polar surface area (TPSA) is 91.8 Å². The number of rotatable bonds is 12. The summed E-state index contributed by atoms with van der Waals surface area (Å²) < 4.78 is 33.9. The third kappa shape index (κ3) is 7.48. The quantitative estimate of drug-likeness (QED) is 0.433. The fourth-order valence-electron chi connectivity index (χ4n) is 4.10. The smallest absolute Gasteiger partial charge is 0.263 e. The van der Waals surface area contributed by atoms with Crippen LogP contribution in [0, 0.1) is 6.92 Å². The molecule has 33 heavy (non-hydrogen) atoms. The molecule has 3 rings (SSSR count). The first-order chi connectivity index (χ1) is 15.7. The summed E-state index contributed by atoms with van der Waals surface area (Å²) in [6.45, 7) is 10.5. The molecule has 1 aliphatic rings. The van der Waals surface area contributed by atoms with Crippen LogP contribution in [-0.2, 0) is 27.6 Å². The third-order valence-corrected chi connectivity index (χ3v) is 8.86. The summed E-state index contributed by atoms with van der Waals surface area (Å²) in [4.78, 5) is 7.10. The van der Waals surface area contributed by atoms with Crippen molar-refractivity contribution in [3.8, 4) is 0 Å². The first kappa shape index (κ1) is 26.1. The van der Waals surface area contributed by atoms with Crippen molar-refractivity contribution in [2.45, 2.75) is 69.8 Å². The number of sulfonamides is 1. The van der Waals surface area contributed by atoms with Gasteiger partial charge in [0.25, 0.3) is 10.0 Å². The number of ether oxygens (including phenoxy) is 1. The van der Waals surface area contributed by atoms with Gasteiger partial charge in [0.2, 0.25) is 0 Å². The fourth-order valence-corrected chi connectivity index (χ4v) is 6.29. The molecule has 0 amide bonds. The van der Waals surface area contributed by atoms with Crippen molar-refractivity contribution in [1.29, 1.82) is 0 Å². The Morgan fingerprint density at radius 3 is 2.61 bits per heavy atom. The Morgan fingerprint density at radius 1 is 1.21 bits per heavy atom. The normalized spacial score (nSPS) is 15.6. The number of benzene rings is 1. The van der Waals surface area contributed by atoms with Crippen LogP contribution in [0.5, 0.6) is 0 Å². The molecule has 2 aromatic rings.